The molecule has 0 N–H and O–H groups in total. The van der Waals surface area contributed by atoms with Gasteiger partial charge in [0.1, 0.15) is 0 Å². The summed E-state index contributed by atoms with van der Waals surface area (Å²) in [7, 11) is 0. The van der Waals surface area contributed by atoms with Gasteiger partial charge in [-0.2, -0.15) is 5.10 Å². The van der Waals surface area contributed by atoms with Crippen LogP contribution in [0.3, 0.4) is 0 Å². The van der Waals surface area contributed by atoms with Crippen molar-refractivity contribution in [3.8, 4) is 22.4 Å². The van der Waals surface area contributed by atoms with Gasteiger partial charge in [0, 0.05) is 40.5 Å². The van der Waals surface area contributed by atoms with Gasteiger partial charge in [0.05, 0.1) is 11.7 Å². The van der Waals surface area contributed by atoms with E-state index in [1.807, 2.05) is 48.3 Å². The van der Waals surface area contributed by atoms with E-state index in [1.165, 1.54) is 0 Å². The Morgan fingerprint density at radius 2 is 1.79 bits per heavy atom. The van der Waals surface area contributed by atoms with Crippen LogP contribution in [0.2, 0.25) is 0 Å². The topological polar surface area (TPSA) is 48.0 Å². The van der Waals surface area contributed by atoms with Gasteiger partial charge in [-0.05, 0) is 36.6 Å². The highest BCUT2D eigenvalue weighted by Gasteiger charge is 2.18. The van der Waals surface area contributed by atoms with Crippen molar-refractivity contribution in [3.63, 3.8) is 0 Å². The van der Waals surface area contributed by atoms with Crippen molar-refractivity contribution < 1.29 is 0 Å². The Balaban J connectivity index is 1.84. The summed E-state index contributed by atoms with van der Waals surface area (Å²) in [6.45, 7) is 16.8. The Hall–Kier alpha value is -3.52. The second kappa shape index (κ2) is 7.14. The van der Waals surface area contributed by atoms with E-state index in [-0.39, 0.29) is 5.41 Å². The van der Waals surface area contributed by atoms with Crippen molar-refractivity contribution in [2.75, 3.05) is 0 Å². The molecule has 0 amide bonds. The zero-order chi connectivity index (χ0) is 20.6. The van der Waals surface area contributed by atoms with Crippen LogP contribution in [0.1, 0.15) is 26.5 Å². The van der Waals surface area contributed by atoms with E-state index in [2.05, 4.69) is 52.8 Å². The van der Waals surface area contributed by atoms with Gasteiger partial charge in [-0.1, -0.05) is 45.5 Å². The number of aromatic nitrogens is 4. The van der Waals surface area contributed by atoms with Gasteiger partial charge in [0.15, 0.2) is 5.69 Å². The Bertz CT molecular complexity index is 1240. The zero-order valence-electron chi connectivity index (χ0n) is 17.1. The molecular weight excluding hydrogens is 358 g/mol. The fourth-order valence-corrected chi connectivity index (χ4v) is 3.41. The molecule has 29 heavy (non-hydrogen) atoms. The molecule has 0 saturated carbocycles. The molecule has 0 unspecified atom stereocenters. The summed E-state index contributed by atoms with van der Waals surface area (Å²) >= 11 is 0. The first kappa shape index (κ1) is 18.8. The summed E-state index contributed by atoms with van der Waals surface area (Å²) in [5.74, 6) is 0.378. The van der Waals surface area contributed by atoms with Crippen molar-refractivity contribution in [1.29, 1.82) is 0 Å². The molecule has 0 radical (unpaired) electrons. The molecule has 0 fully saturated rings. The molecule has 0 saturated heterocycles. The molecule has 0 bridgehead atoms. The van der Waals surface area contributed by atoms with Crippen molar-refractivity contribution >= 4 is 16.7 Å². The summed E-state index contributed by atoms with van der Waals surface area (Å²) in [6.07, 6.45) is 3.92. The minimum Gasteiger partial charge on any atom is -0.361 e. The average molecular weight is 381 g/mol. The quantitative estimate of drug-likeness (QED) is 0.405. The highest BCUT2D eigenvalue weighted by molar-refractivity contribution is 5.88. The normalized spacial score (nSPS) is 11.6. The van der Waals surface area contributed by atoms with Crippen molar-refractivity contribution in [2.24, 2.45) is 5.41 Å². The first-order valence-corrected chi connectivity index (χ1v) is 9.61. The van der Waals surface area contributed by atoms with Crippen molar-refractivity contribution in [2.45, 2.75) is 34.2 Å². The molecule has 1 aromatic carbocycles. The van der Waals surface area contributed by atoms with E-state index in [0.717, 1.165) is 45.5 Å². The Kier molecular flexibility index (Phi) is 4.63. The van der Waals surface area contributed by atoms with E-state index in [4.69, 9.17) is 6.57 Å². The lowest BCUT2D eigenvalue weighted by molar-refractivity contribution is 0.325. The van der Waals surface area contributed by atoms with Crippen LogP contribution in [0, 0.1) is 18.9 Å². The summed E-state index contributed by atoms with van der Waals surface area (Å²) in [6, 6.07) is 13.9. The monoisotopic (exact) mass is 381 g/mol. The highest BCUT2D eigenvalue weighted by Crippen LogP contribution is 2.34. The van der Waals surface area contributed by atoms with Crippen LogP contribution < -0.4 is 0 Å². The summed E-state index contributed by atoms with van der Waals surface area (Å²) in [4.78, 5) is 12.8. The highest BCUT2D eigenvalue weighted by atomic mass is 15.3. The van der Waals surface area contributed by atoms with E-state index >= 15 is 0 Å². The van der Waals surface area contributed by atoms with Gasteiger partial charge in [-0.15, -0.1) is 4.98 Å². The lowest BCUT2D eigenvalue weighted by Crippen LogP contribution is -2.15. The molecular formula is C24H23N5. The van der Waals surface area contributed by atoms with E-state index in [9.17, 15) is 0 Å². The second-order valence-corrected chi connectivity index (χ2v) is 8.52. The molecule has 4 rings (SSSR count). The standard InChI is InChI=1S/C24H23N5/c1-16-6-7-17-8-9-18(12-21(17)27-16)23-20(10-11-22(25-5)28-23)19-13-26-29(14-19)15-24(2,3)4/h6-14H,15H2,1-4H3. The molecule has 0 aliphatic heterocycles. The van der Waals surface area contributed by atoms with Crippen LogP contribution in [-0.2, 0) is 6.54 Å². The third-order valence-corrected chi connectivity index (χ3v) is 4.68. The minimum absolute atomic E-state index is 0.139. The zero-order valence-corrected chi connectivity index (χ0v) is 17.1. The SMILES string of the molecule is [C-]#[N+]c1ccc(-c2cnn(CC(C)(C)C)c2)c(-c2ccc3ccc(C)nc3c2)n1. The number of hydrogen-bond acceptors (Lipinski definition) is 3. The Labute approximate surface area is 170 Å². The molecule has 0 aliphatic rings. The lowest BCUT2D eigenvalue weighted by Gasteiger charge is -2.17. The van der Waals surface area contributed by atoms with Gasteiger partial charge in [-0.25, -0.2) is 0 Å². The number of rotatable bonds is 3. The molecule has 5 heteroatoms. The molecule has 0 aliphatic carbocycles. The number of pyridine rings is 2. The molecule has 144 valence electrons. The van der Waals surface area contributed by atoms with E-state index in [1.54, 1.807) is 6.07 Å². The predicted octanol–water partition coefficient (Wildman–Crippen LogP) is 6.07. The maximum Gasteiger partial charge on any atom is 0.270 e. The van der Waals surface area contributed by atoms with Gasteiger partial charge in [-0.3, -0.25) is 9.67 Å². The summed E-state index contributed by atoms with van der Waals surface area (Å²) in [5.41, 5.74) is 5.71. The Morgan fingerprint density at radius 1 is 1.00 bits per heavy atom. The largest absolute Gasteiger partial charge is 0.361 e. The smallest absolute Gasteiger partial charge is 0.270 e. The third kappa shape index (κ3) is 4.02. The molecule has 3 heterocycles. The average Bonchev–Trinajstić information content (AvgIpc) is 3.13. The van der Waals surface area contributed by atoms with Crippen LogP contribution in [0.4, 0.5) is 5.82 Å². The van der Waals surface area contributed by atoms with E-state index in [0.29, 0.717) is 5.82 Å². The number of nitrogens with zero attached hydrogens (tertiary/aromatic N) is 5. The van der Waals surface area contributed by atoms with Crippen LogP contribution in [0.5, 0.6) is 0 Å². The van der Waals surface area contributed by atoms with Crippen molar-refractivity contribution in [3.05, 3.63) is 72.0 Å². The molecule has 3 aromatic heterocycles. The number of aryl methyl sites for hydroxylation is 1. The fourth-order valence-electron chi connectivity index (χ4n) is 3.41. The summed E-state index contributed by atoms with van der Waals surface area (Å²) < 4.78 is 1.97. The maximum atomic E-state index is 7.37. The number of fused-ring (bicyclic) bond motifs is 1. The number of hydrogen-bond donors (Lipinski definition) is 0. The Morgan fingerprint density at radius 3 is 2.55 bits per heavy atom. The lowest BCUT2D eigenvalue weighted by atomic mass is 9.97. The molecule has 5 nitrogen and oxygen atoms in total. The van der Waals surface area contributed by atoms with E-state index < -0.39 is 0 Å². The van der Waals surface area contributed by atoms with Crippen LogP contribution in [0.25, 0.3) is 38.1 Å². The van der Waals surface area contributed by atoms with Gasteiger partial charge in [0.2, 0.25) is 0 Å². The minimum atomic E-state index is 0.139. The molecule has 0 spiro atoms. The van der Waals surface area contributed by atoms with Crippen LogP contribution in [0.15, 0.2) is 54.9 Å². The first-order valence-electron chi connectivity index (χ1n) is 9.61. The maximum absolute atomic E-state index is 7.37. The van der Waals surface area contributed by atoms with Crippen LogP contribution >= 0.6 is 0 Å². The fraction of sp³-hybridized carbons (Fsp3) is 0.250. The van der Waals surface area contributed by atoms with Crippen LogP contribution in [-0.4, -0.2) is 19.7 Å². The van der Waals surface area contributed by atoms with Gasteiger partial charge < -0.3 is 4.85 Å². The third-order valence-electron chi connectivity index (χ3n) is 4.68. The molecule has 0 atom stereocenters. The van der Waals surface area contributed by atoms with Gasteiger partial charge in [0.25, 0.3) is 5.82 Å². The first-order chi connectivity index (χ1) is 13.8. The van der Waals surface area contributed by atoms with Crippen molar-refractivity contribution in [1.82, 2.24) is 19.7 Å². The van der Waals surface area contributed by atoms with Gasteiger partial charge >= 0.3 is 0 Å². The second-order valence-electron chi connectivity index (χ2n) is 8.52. The predicted molar refractivity (Wildman–Crippen MR) is 117 cm³/mol. The number of benzene rings is 1. The summed E-state index contributed by atoms with van der Waals surface area (Å²) in [5, 5.41) is 5.62. The molecule has 4 aromatic rings.